The molecule has 0 radical (unpaired) electrons. The van der Waals surface area contributed by atoms with Gasteiger partial charge in [0.1, 0.15) is 17.2 Å². The lowest BCUT2D eigenvalue weighted by molar-refractivity contribution is -0.127. The van der Waals surface area contributed by atoms with E-state index in [1.54, 1.807) is 0 Å². The smallest absolute Gasteiger partial charge is 0.409 e. The van der Waals surface area contributed by atoms with E-state index in [1.165, 1.54) is 38.1 Å². The summed E-state index contributed by atoms with van der Waals surface area (Å²) in [7, 11) is 1.48. The van der Waals surface area contributed by atoms with Crippen molar-refractivity contribution < 1.29 is 24.2 Å². The maximum Gasteiger partial charge on any atom is 0.409 e. The second-order valence-electron chi connectivity index (χ2n) is 9.63. The van der Waals surface area contributed by atoms with Crippen LogP contribution in [0.15, 0.2) is 36.5 Å². The summed E-state index contributed by atoms with van der Waals surface area (Å²) in [6.07, 6.45) is 0.720. The van der Waals surface area contributed by atoms with E-state index in [0.717, 1.165) is 11.1 Å². The number of rotatable bonds is 7. The van der Waals surface area contributed by atoms with Crippen molar-refractivity contribution in [1.82, 2.24) is 15.2 Å². The Bertz CT molecular complexity index is 1120. The van der Waals surface area contributed by atoms with E-state index in [1.807, 2.05) is 38.1 Å². The van der Waals surface area contributed by atoms with Crippen molar-refractivity contribution in [1.29, 1.82) is 0 Å². The second-order valence-corrected chi connectivity index (χ2v) is 10.0. The van der Waals surface area contributed by atoms with Crippen molar-refractivity contribution in [3.63, 3.8) is 0 Å². The van der Waals surface area contributed by atoms with Crippen LogP contribution in [0.3, 0.4) is 0 Å². The molecule has 2 heterocycles. The molecule has 3 N–H and O–H groups in total. The van der Waals surface area contributed by atoms with Gasteiger partial charge in [-0.3, -0.25) is 9.59 Å². The molecule has 2 aromatic rings. The molecule has 1 aromatic heterocycles. The summed E-state index contributed by atoms with van der Waals surface area (Å²) in [6.45, 7) is 7.12. The lowest BCUT2D eigenvalue weighted by Gasteiger charge is -2.49. The molecule has 1 fully saturated rings. The van der Waals surface area contributed by atoms with Crippen LogP contribution in [0.4, 0.5) is 10.5 Å². The maximum atomic E-state index is 13.8. The molecular weight excluding hydrogens is 472 g/mol. The highest BCUT2D eigenvalue weighted by Crippen LogP contribution is 2.40. The number of amides is 3. The number of carbonyl (C=O) groups is 3. The predicted octanol–water partition coefficient (Wildman–Crippen LogP) is 3.32. The molecule has 1 aliphatic heterocycles. The molecule has 0 atom stereocenters. The van der Waals surface area contributed by atoms with Gasteiger partial charge < -0.3 is 25.4 Å². The Morgan fingerprint density at radius 1 is 1.26 bits per heavy atom. The minimum atomic E-state index is -1.17. The summed E-state index contributed by atoms with van der Waals surface area (Å²) >= 11 is 5.97. The SMILES string of the molecule is CNC(=O)c1cc(Cl)ncc1NC(=O)C1(c2ccccc2C(C)C)CN(C(=O)OCC(C)(C)O)C1. The first-order valence-electron chi connectivity index (χ1n) is 11.3. The van der Waals surface area contributed by atoms with Crippen molar-refractivity contribution in [3.8, 4) is 0 Å². The lowest BCUT2D eigenvalue weighted by Crippen LogP contribution is -2.67. The zero-order chi connectivity index (χ0) is 26.0. The van der Waals surface area contributed by atoms with E-state index in [2.05, 4.69) is 15.6 Å². The number of carbonyl (C=O) groups excluding carboxylic acids is 3. The largest absolute Gasteiger partial charge is 0.446 e. The Balaban J connectivity index is 1.95. The van der Waals surface area contributed by atoms with Gasteiger partial charge >= 0.3 is 6.09 Å². The monoisotopic (exact) mass is 502 g/mol. The Hall–Kier alpha value is -3.17. The molecule has 1 aromatic carbocycles. The number of halogens is 1. The van der Waals surface area contributed by atoms with Crippen molar-refractivity contribution in [2.75, 3.05) is 32.1 Å². The average Bonchev–Trinajstić information content (AvgIpc) is 2.77. The summed E-state index contributed by atoms with van der Waals surface area (Å²) in [5.74, 6) is -0.677. The number of nitrogens with zero attached hydrogens (tertiary/aromatic N) is 2. The van der Waals surface area contributed by atoms with E-state index in [4.69, 9.17) is 16.3 Å². The lowest BCUT2D eigenvalue weighted by atomic mass is 9.70. The zero-order valence-electron chi connectivity index (χ0n) is 20.5. The first-order chi connectivity index (χ1) is 16.4. The molecule has 1 saturated heterocycles. The van der Waals surface area contributed by atoms with Gasteiger partial charge in [0.15, 0.2) is 0 Å². The van der Waals surface area contributed by atoms with Gasteiger partial charge in [0.05, 0.1) is 23.0 Å². The number of hydrogen-bond acceptors (Lipinski definition) is 6. The second kappa shape index (κ2) is 10.2. The maximum absolute atomic E-state index is 13.8. The van der Waals surface area contributed by atoms with Gasteiger partial charge in [0, 0.05) is 20.1 Å². The van der Waals surface area contributed by atoms with Crippen LogP contribution < -0.4 is 10.6 Å². The first kappa shape index (κ1) is 26.4. The molecule has 1 aliphatic rings. The number of aromatic nitrogens is 1. The minimum Gasteiger partial charge on any atom is -0.446 e. The van der Waals surface area contributed by atoms with Crippen LogP contribution in [-0.4, -0.2) is 65.2 Å². The Kier molecular flexibility index (Phi) is 7.71. The number of benzene rings is 1. The van der Waals surface area contributed by atoms with Gasteiger partial charge in [-0.2, -0.15) is 0 Å². The average molecular weight is 503 g/mol. The summed E-state index contributed by atoms with van der Waals surface area (Å²) < 4.78 is 5.22. The number of nitrogens with one attached hydrogen (secondary N) is 2. The molecule has 0 unspecified atom stereocenters. The molecule has 10 heteroatoms. The van der Waals surface area contributed by atoms with E-state index in [-0.39, 0.29) is 47.9 Å². The first-order valence-corrected chi connectivity index (χ1v) is 11.7. The summed E-state index contributed by atoms with van der Waals surface area (Å²) in [5.41, 5.74) is -0.0850. The molecule has 188 valence electrons. The van der Waals surface area contributed by atoms with E-state index < -0.39 is 23.0 Å². The number of hydrogen-bond donors (Lipinski definition) is 3. The van der Waals surface area contributed by atoms with Gasteiger partial charge in [-0.15, -0.1) is 0 Å². The van der Waals surface area contributed by atoms with Gasteiger partial charge in [-0.25, -0.2) is 9.78 Å². The number of ether oxygens (including phenoxy) is 1. The van der Waals surface area contributed by atoms with Crippen LogP contribution in [0.5, 0.6) is 0 Å². The quantitative estimate of drug-likeness (QED) is 0.499. The molecule has 0 saturated carbocycles. The third-order valence-corrected chi connectivity index (χ3v) is 6.06. The summed E-state index contributed by atoms with van der Waals surface area (Å²) in [6, 6.07) is 8.99. The van der Waals surface area contributed by atoms with Gasteiger partial charge in [0.2, 0.25) is 5.91 Å². The van der Waals surface area contributed by atoms with Crippen LogP contribution in [0.2, 0.25) is 5.15 Å². The molecule has 0 bridgehead atoms. The van der Waals surface area contributed by atoms with Crippen molar-refractivity contribution in [2.24, 2.45) is 0 Å². The van der Waals surface area contributed by atoms with E-state index in [0.29, 0.717) is 0 Å². The van der Waals surface area contributed by atoms with Crippen molar-refractivity contribution in [3.05, 3.63) is 58.4 Å². The highest BCUT2D eigenvalue weighted by molar-refractivity contribution is 6.30. The molecule has 0 aliphatic carbocycles. The van der Waals surface area contributed by atoms with Crippen molar-refractivity contribution >= 4 is 35.2 Å². The van der Waals surface area contributed by atoms with Gasteiger partial charge in [-0.1, -0.05) is 49.7 Å². The fourth-order valence-electron chi connectivity index (χ4n) is 4.03. The Morgan fingerprint density at radius 2 is 1.91 bits per heavy atom. The fraction of sp³-hybridized carbons (Fsp3) is 0.440. The topological polar surface area (TPSA) is 121 Å². The third kappa shape index (κ3) is 5.74. The minimum absolute atomic E-state index is 0.0730. The zero-order valence-corrected chi connectivity index (χ0v) is 21.3. The highest BCUT2D eigenvalue weighted by Gasteiger charge is 2.54. The van der Waals surface area contributed by atoms with Gasteiger partial charge in [-0.05, 0) is 37.0 Å². The standard InChI is InChI=1S/C25H31ClN4O5/c1-15(2)16-8-6-7-9-18(16)25(12-30(13-25)23(33)35-14-24(3,4)34)22(32)29-19-11-28-20(26)10-17(19)21(31)27-5/h6-11,15,34H,12-14H2,1-5H3,(H,27,31)(H,29,32). The van der Waals surface area contributed by atoms with Crippen LogP contribution in [0, 0.1) is 0 Å². The van der Waals surface area contributed by atoms with Crippen LogP contribution >= 0.6 is 11.6 Å². The highest BCUT2D eigenvalue weighted by atomic mass is 35.5. The molecule has 35 heavy (non-hydrogen) atoms. The predicted molar refractivity (Wildman–Crippen MR) is 133 cm³/mol. The number of likely N-dealkylation sites (tertiary alicyclic amines) is 1. The van der Waals surface area contributed by atoms with Gasteiger partial charge in [0.25, 0.3) is 5.91 Å². The van der Waals surface area contributed by atoms with E-state index in [9.17, 15) is 19.5 Å². The van der Waals surface area contributed by atoms with E-state index >= 15 is 0 Å². The summed E-state index contributed by atoms with van der Waals surface area (Å²) in [5, 5.41) is 15.4. The normalized spacial score (nSPS) is 14.8. The fourth-order valence-corrected chi connectivity index (χ4v) is 4.19. The Labute approximate surface area is 209 Å². The summed E-state index contributed by atoms with van der Waals surface area (Å²) in [4.78, 5) is 44.2. The van der Waals surface area contributed by atoms with Crippen molar-refractivity contribution in [2.45, 2.75) is 44.6 Å². The molecule has 0 spiro atoms. The van der Waals surface area contributed by atoms with Crippen LogP contribution in [-0.2, 0) is 14.9 Å². The molecular formula is C25H31ClN4O5. The van der Waals surface area contributed by atoms with Crippen LogP contribution in [0.1, 0.15) is 55.1 Å². The van der Waals surface area contributed by atoms with Crippen LogP contribution in [0.25, 0.3) is 0 Å². The molecule has 3 rings (SSSR count). The number of pyridine rings is 1. The molecule has 9 nitrogen and oxygen atoms in total. The number of aliphatic hydroxyl groups is 1. The third-order valence-electron chi connectivity index (χ3n) is 5.85. The Morgan fingerprint density at radius 3 is 2.51 bits per heavy atom. The number of anilines is 1. The molecule has 3 amide bonds.